The summed E-state index contributed by atoms with van der Waals surface area (Å²) in [5.41, 5.74) is -4.19. The molecule has 59 heavy (non-hydrogen) atoms. The summed E-state index contributed by atoms with van der Waals surface area (Å²) < 4.78 is 83.5. The highest BCUT2D eigenvalue weighted by Gasteiger charge is 2.64. The first kappa shape index (κ1) is 44.0. The van der Waals surface area contributed by atoms with Crippen LogP contribution in [-0.4, -0.2) is 112 Å². The number of nitrogens with one attached hydrogen (secondary N) is 2. The van der Waals surface area contributed by atoms with Crippen molar-refractivity contribution in [2.45, 2.75) is 126 Å². The highest BCUT2D eigenvalue weighted by Crippen LogP contribution is 2.48. The summed E-state index contributed by atoms with van der Waals surface area (Å²) in [6.45, 7) is 6.78. The first-order chi connectivity index (χ1) is 27.6. The molecule has 0 spiro atoms. The molecule has 324 valence electrons. The average molecular weight is 850 g/mol. The van der Waals surface area contributed by atoms with E-state index < -0.39 is 92.3 Å². The topological polar surface area (TPSA) is 185 Å². The highest BCUT2D eigenvalue weighted by molar-refractivity contribution is 7.91. The van der Waals surface area contributed by atoms with E-state index in [1.54, 1.807) is 44.2 Å². The number of halogens is 3. The number of pyridine rings is 1. The third kappa shape index (κ3) is 8.42. The molecule has 2 aliphatic carbocycles. The fraction of sp³-hybridized carbons (Fsp3) is 0.634. The number of nitrogens with zero attached hydrogens (tertiary/aromatic N) is 3. The number of carboxylic acid groups (broad SMARTS) is 1. The maximum absolute atomic E-state index is 15.4. The van der Waals surface area contributed by atoms with Crippen LogP contribution in [0.25, 0.3) is 10.8 Å². The number of benzene rings is 1. The second-order valence-corrected chi connectivity index (χ2v) is 19.4. The van der Waals surface area contributed by atoms with Crippen molar-refractivity contribution in [1.82, 2.24) is 24.8 Å². The molecule has 1 aromatic heterocycles. The Morgan fingerprint density at radius 3 is 2.46 bits per heavy atom. The van der Waals surface area contributed by atoms with Crippen LogP contribution < -0.4 is 19.5 Å². The number of sulfonamides is 1. The fourth-order valence-electron chi connectivity index (χ4n) is 8.43. The molecule has 14 nitrogen and oxygen atoms in total. The lowest BCUT2D eigenvalue weighted by Crippen LogP contribution is -2.66. The van der Waals surface area contributed by atoms with Gasteiger partial charge in [-0.2, -0.15) is 4.98 Å². The van der Waals surface area contributed by atoms with Crippen molar-refractivity contribution < 1.29 is 55.3 Å². The van der Waals surface area contributed by atoms with Crippen molar-refractivity contribution in [2.24, 2.45) is 17.8 Å². The molecular weight excluding hydrogens is 796 g/mol. The Morgan fingerprint density at radius 1 is 1.14 bits per heavy atom. The summed E-state index contributed by atoms with van der Waals surface area (Å²) in [6.07, 6.45) is 1.92. The van der Waals surface area contributed by atoms with Gasteiger partial charge in [0.15, 0.2) is 0 Å². The maximum atomic E-state index is 15.4. The Labute approximate surface area is 342 Å². The molecule has 18 heteroatoms. The second kappa shape index (κ2) is 16.1. The van der Waals surface area contributed by atoms with E-state index in [4.69, 9.17) is 9.47 Å². The summed E-state index contributed by atoms with van der Waals surface area (Å²) in [7, 11) is -4.48. The van der Waals surface area contributed by atoms with Gasteiger partial charge in [-0.25, -0.2) is 26.4 Å². The number of alkyl halides is 3. The maximum Gasteiger partial charge on any atom is 0.408 e. The third-order valence-electron chi connectivity index (χ3n) is 12.6. The van der Waals surface area contributed by atoms with E-state index in [2.05, 4.69) is 10.3 Å². The van der Waals surface area contributed by atoms with E-state index in [1.807, 2.05) is 23.8 Å². The van der Waals surface area contributed by atoms with Crippen molar-refractivity contribution in [3.05, 3.63) is 42.5 Å². The minimum absolute atomic E-state index is 0.00171. The van der Waals surface area contributed by atoms with Gasteiger partial charge in [-0.15, -0.1) is 0 Å². The minimum atomic E-state index is -4.48. The molecular formula is C41H54F3N5O9S. The number of rotatable bonds is 11. The van der Waals surface area contributed by atoms with Gasteiger partial charge in [-0.3, -0.25) is 24.0 Å². The number of allylic oxidation sites excluding steroid dienone is 1. The molecule has 2 saturated carbocycles. The largest absolute Gasteiger partial charge is 0.478 e. The molecule has 7 atom stereocenters. The van der Waals surface area contributed by atoms with Crippen LogP contribution in [0.3, 0.4) is 0 Å². The predicted molar refractivity (Wildman–Crippen MR) is 211 cm³/mol. The highest BCUT2D eigenvalue weighted by atomic mass is 32.2. The predicted octanol–water partition coefficient (Wildman–Crippen LogP) is 5.60. The number of carbonyl (C=O) groups excluding carboxylic acids is 3. The normalized spacial score (nSPS) is 28.7. The smallest absolute Gasteiger partial charge is 0.408 e. The Balaban J connectivity index is 1.43. The van der Waals surface area contributed by atoms with Gasteiger partial charge < -0.3 is 24.8 Å². The van der Waals surface area contributed by atoms with E-state index >= 15 is 13.6 Å². The number of amides is 4. The fourth-order valence-corrected chi connectivity index (χ4v) is 9.85. The molecule has 2 aromatic rings. The quantitative estimate of drug-likeness (QED) is 0.241. The van der Waals surface area contributed by atoms with Crippen molar-refractivity contribution in [3.8, 4) is 11.8 Å². The third-order valence-corrected chi connectivity index (χ3v) is 14.7. The van der Waals surface area contributed by atoms with Gasteiger partial charge in [0.1, 0.15) is 40.7 Å². The number of hydrogen-bond donors (Lipinski definition) is 3. The second-order valence-electron chi connectivity index (χ2n) is 17.3. The van der Waals surface area contributed by atoms with Crippen LogP contribution >= 0.6 is 0 Å². The summed E-state index contributed by atoms with van der Waals surface area (Å²) in [6, 6.07) is 5.76. The zero-order valence-electron chi connectivity index (χ0n) is 34.2. The molecule has 3 heterocycles. The number of ether oxygens (including phenoxy) is 2. The summed E-state index contributed by atoms with van der Waals surface area (Å²) in [4.78, 5) is 63.0. The van der Waals surface area contributed by atoms with Crippen molar-refractivity contribution in [3.63, 3.8) is 0 Å². The molecule has 0 bridgehead atoms. The van der Waals surface area contributed by atoms with Gasteiger partial charge in [-0.1, -0.05) is 44.2 Å². The minimum Gasteiger partial charge on any atom is -0.478 e. The number of hydrogen-bond acceptors (Lipinski definition) is 9. The lowest BCUT2D eigenvalue weighted by Gasteiger charge is -2.47. The first-order valence-corrected chi connectivity index (χ1v) is 21.6. The number of aromatic nitrogens is 1. The first-order valence-electron chi connectivity index (χ1n) is 20.1. The van der Waals surface area contributed by atoms with Gasteiger partial charge in [0, 0.05) is 30.7 Å². The molecule has 1 aromatic carbocycles. The monoisotopic (exact) mass is 849 g/mol. The Morgan fingerprint density at radius 2 is 1.83 bits per heavy atom. The molecule has 4 amide bonds. The lowest BCUT2D eigenvalue weighted by atomic mass is 9.84. The molecule has 4 aliphatic rings. The standard InChI is InChI=1S/C41H54F3N5O9S/c1-7-57-31-19-26-13-9-11-15-29(26)34(45-31)58-28-20-30-33(50)46-41(36(52)47-59(55,56)40(23-42)16-17-40)21-27(41)14-10-8-12-24(2)18-25(3)32(35(51)48(30)22-28)49(37(53)54)38(4,5)39(6,43)44/h9-11,13-15,19,24-25,27-28,30,32H,7-8,12,16-18,20-23H2,1-6H3,(H,46,50)(H,47,52)(H,53,54)/t24-,25-,27-,28-,30+,32+,41-/m1/s1. The van der Waals surface area contributed by atoms with Crippen LogP contribution in [0.5, 0.6) is 11.8 Å². The zero-order chi connectivity index (χ0) is 43.3. The Hall–Kier alpha value is -4.61. The van der Waals surface area contributed by atoms with E-state index in [0.717, 1.165) is 24.1 Å². The van der Waals surface area contributed by atoms with Gasteiger partial charge in [-0.05, 0) is 82.6 Å². The van der Waals surface area contributed by atoms with E-state index in [1.165, 1.54) is 0 Å². The van der Waals surface area contributed by atoms with E-state index in [0.29, 0.717) is 36.7 Å². The van der Waals surface area contributed by atoms with Crippen LogP contribution in [0, 0.1) is 17.8 Å². The molecule has 0 unspecified atom stereocenters. The van der Waals surface area contributed by atoms with Gasteiger partial charge in [0.25, 0.3) is 11.8 Å². The van der Waals surface area contributed by atoms with Crippen LogP contribution in [0.2, 0.25) is 0 Å². The summed E-state index contributed by atoms with van der Waals surface area (Å²) in [5.74, 6) is -7.70. The molecule has 1 saturated heterocycles. The van der Waals surface area contributed by atoms with Gasteiger partial charge in [0.2, 0.25) is 33.6 Å². The number of carbonyl (C=O) groups is 4. The molecule has 6 rings (SSSR count). The van der Waals surface area contributed by atoms with Crippen LogP contribution in [0.1, 0.15) is 86.5 Å². The van der Waals surface area contributed by atoms with E-state index in [9.17, 15) is 32.3 Å². The lowest BCUT2D eigenvalue weighted by molar-refractivity contribution is -0.156. The molecule has 3 fully saturated rings. The Bertz CT molecular complexity index is 2110. The van der Waals surface area contributed by atoms with Crippen molar-refractivity contribution >= 4 is 44.6 Å². The summed E-state index contributed by atoms with van der Waals surface area (Å²) in [5, 5.41) is 14.7. The Kier molecular flexibility index (Phi) is 12.0. The summed E-state index contributed by atoms with van der Waals surface area (Å²) >= 11 is 0. The number of fused-ring (bicyclic) bond motifs is 3. The van der Waals surface area contributed by atoms with E-state index in [-0.39, 0.29) is 56.3 Å². The van der Waals surface area contributed by atoms with Crippen molar-refractivity contribution in [2.75, 3.05) is 19.8 Å². The van der Waals surface area contributed by atoms with Crippen molar-refractivity contribution in [1.29, 1.82) is 0 Å². The average Bonchev–Trinajstić information content (AvgIpc) is 4.06. The SMILES string of the molecule is CCOc1cc2ccccc2c(O[C@@H]2C[C@H]3C(=O)N[C@]4(C(=O)NS(=O)(=O)C5(CF)CC5)C[C@H]4C=CCC[C@@H](C)C[C@@H](C)[C@H](N(C(=O)O)C(C)(C)C(C)(F)F)C(=O)N3C2)n1. The molecule has 2 aliphatic heterocycles. The zero-order valence-corrected chi connectivity index (χ0v) is 35.0. The van der Waals surface area contributed by atoms with Gasteiger partial charge in [0.05, 0.1) is 13.2 Å². The molecule has 3 N–H and O–H groups in total. The molecule has 0 radical (unpaired) electrons. The van der Waals surface area contributed by atoms with Gasteiger partial charge >= 0.3 is 6.09 Å². The van der Waals surface area contributed by atoms with Crippen LogP contribution in [-0.2, 0) is 24.4 Å². The van der Waals surface area contributed by atoms with Crippen LogP contribution in [0.4, 0.5) is 18.0 Å². The van der Waals surface area contributed by atoms with Crippen LogP contribution in [0.15, 0.2) is 42.5 Å².